The number of H-pyrrole nitrogens is 1. The van der Waals surface area contributed by atoms with Crippen LogP contribution in [0.25, 0.3) is 10.9 Å². The molecule has 0 saturated carbocycles. The largest absolute Gasteiger partial charge is 0.447 e. The summed E-state index contributed by atoms with van der Waals surface area (Å²) in [4.78, 5) is 2.85. The van der Waals surface area contributed by atoms with E-state index in [1.165, 1.54) is 12.1 Å². The van der Waals surface area contributed by atoms with Crippen molar-refractivity contribution in [1.29, 1.82) is 0 Å². The molecule has 0 aliphatic carbocycles. The minimum Gasteiger partial charge on any atom is -0.447 e. The van der Waals surface area contributed by atoms with Crippen LogP contribution >= 0.6 is 34.8 Å². The van der Waals surface area contributed by atoms with E-state index in [2.05, 4.69) is 4.98 Å². The van der Waals surface area contributed by atoms with E-state index in [9.17, 15) is 20.4 Å². The van der Waals surface area contributed by atoms with E-state index < -0.39 is 37.3 Å². The molecule has 0 bridgehead atoms. The average molecular weight is 399 g/mol. The predicted molar refractivity (Wildman–Crippen MR) is 87.7 cm³/mol. The van der Waals surface area contributed by atoms with Crippen LogP contribution in [0.1, 0.15) is 0 Å². The van der Waals surface area contributed by atoms with Crippen LogP contribution in [-0.2, 0) is 4.74 Å². The maximum Gasteiger partial charge on any atom is 0.230 e. The quantitative estimate of drug-likeness (QED) is 0.498. The van der Waals surface area contributed by atoms with Gasteiger partial charge in [0.2, 0.25) is 6.29 Å². The number of rotatable bonds is 3. The van der Waals surface area contributed by atoms with Gasteiger partial charge in [-0.2, -0.15) is 0 Å². The molecule has 1 saturated heterocycles. The molecular formula is C14H14Cl3NO6. The second-order valence-electron chi connectivity index (χ2n) is 5.39. The third-order valence-corrected chi connectivity index (χ3v) is 4.92. The molecule has 7 nitrogen and oxygen atoms in total. The predicted octanol–water partition coefficient (Wildman–Crippen LogP) is 1.31. The first-order chi connectivity index (χ1) is 11.3. The number of ether oxygens (including phenoxy) is 2. The van der Waals surface area contributed by atoms with Gasteiger partial charge in [-0.25, -0.2) is 0 Å². The van der Waals surface area contributed by atoms with E-state index in [4.69, 9.17) is 44.3 Å². The summed E-state index contributed by atoms with van der Waals surface area (Å²) in [5.74, 6) is 0.153. The molecule has 0 spiro atoms. The van der Waals surface area contributed by atoms with Gasteiger partial charge in [0.25, 0.3) is 0 Å². The van der Waals surface area contributed by atoms with Gasteiger partial charge in [-0.15, -0.1) is 0 Å². The number of nitrogens with one attached hydrogen (secondary N) is 1. The first-order valence-corrected chi connectivity index (χ1v) is 8.10. The molecule has 0 amide bonds. The van der Waals surface area contributed by atoms with E-state index in [0.717, 1.165) is 0 Å². The lowest BCUT2D eigenvalue weighted by molar-refractivity contribution is -0.278. The van der Waals surface area contributed by atoms with Crippen LogP contribution in [0.15, 0.2) is 12.1 Å². The molecule has 3 rings (SSSR count). The lowest BCUT2D eigenvalue weighted by atomic mass is 9.99. The Morgan fingerprint density at radius 1 is 1.04 bits per heavy atom. The topological polar surface area (TPSA) is 115 Å². The summed E-state index contributed by atoms with van der Waals surface area (Å²) in [6.45, 7) is -0.551. The lowest BCUT2D eigenvalue weighted by Crippen LogP contribution is -2.60. The number of aromatic amines is 1. The van der Waals surface area contributed by atoms with Crippen molar-refractivity contribution < 1.29 is 29.9 Å². The first-order valence-electron chi connectivity index (χ1n) is 6.97. The fourth-order valence-corrected chi connectivity index (χ4v) is 3.24. The molecule has 1 aromatic carbocycles. The molecule has 1 aliphatic rings. The standard InChI is InChI=1S/C14H14Cl3NO6/c15-5-2-6(16)9(17)10-4(5)1-8(18-10)24-14-13(22)12(21)11(20)7(3-19)23-14/h1-2,7,11-14,18-22H,3H2/t7-,11+,12+,13-,14?/m1/s1. The Balaban J connectivity index is 1.89. The number of hydrogen-bond acceptors (Lipinski definition) is 6. The van der Waals surface area contributed by atoms with Crippen molar-refractivity contribution in [2.75, 3.05) is 6.61 Å². The fourth-order valence-electron chi connectivity index (χ4n) is 2.52. The van der Waals surface area contributed by atoms with Crippen LogP contribution in [0.2, 0.25) is 15.1 Å². The van der Waals surface area contributed by atoms with Crippen LogP contribution in [0.5, 0.6) is 5.88 Å². The Morgan fingerprint density at radius 2 is 1.75 bits per heavy atom. The van der Waals surface area contributed by atoms with E-state index in [1.807, 2.05) is 0 Å². The van der Waals surface area contributed by atoms with Crippen LogP contribution in [0, 0.1) is 0 Å². The van der Waals surface area contributed by atoms with Crippen molar-refractivity contribution in [3.8, 4) is 5.88 Å². The summed E-state index contributed by atoms with van der Waals surface area (Å²) in [6.07, 6.45) is -6.91. The molecule has 24 heavy (non-hydrogen) atoms. The number of hydrogen-bond donors (Lipinski definition) is 5. The molecular weight excluding hydrogens is 385 g/mol. The minimum absolute atomic E-state index is 0.153. The Labute approximate surface area is 151 Å². The SMILES string of the molecule is OC[C@H]1OC(Oc2cc3c(Cl)cc(Cl)c(Cl)c3[nH]2)[C@H](O)[C@@H](O)[C@H]1O. The fraction of sp³-hybridized carbons (Fsp3) is 0.429. The zero-order valence-corrected chi connectivity index (χ0v) is 14.3. The number of benzene rings is 1. The van der Waals surface area contributed by atoms with Crippen molar-refractivity contribution in [3.63, 3.8) is 0 Å². The molecule has 2 heterocycles. The molecule has 1 aromatic heterocycles. The summed E-state index contributed by atoms with van der Waals surface area (Å²) in [5.41, 5.74) is 0.439. The Bertz CT molecular complexity index is 752. The van der Waals surface area contributed by atoms with Crippen molar-refractivity contribution in [3.05, 3.63) is 27.2 Å². The van der Waals surface area contributed by atoms with E-state index in [-0.39, 0.29) is 15.9 Å². The molecule has 132 valence electrons. The monoisotopic (exact) mass is 397 g/mol. The average Bonchev–Trinajstić information content (AvgIpc) is 2.98. The molecule has 0 radical (unpaired) electrons. The molecule has 5 atom stereocenters. The van der Waals surface area contributed by atoms with Crippen LogP contribution in [-0.4, -0.2) is 62.7 Å². The number of aromatic nitrogens is 1. The third kappa shape index (κ3) is 3.07. The summed E-state index contributed by atoms with van der Waals surface area (Å²) >= 11 is 18.2. The van der Waals surface area contributed by atoms with Crippen LogP contribution in [0.3, 0.4) is 0 Å². The van der Waals surface area contributed by atoms with Gasteiger partial charge in [0.05, 0.1) is 27.2 Å². The van der Waals surface area contributed by atoms with Gasteiger partial charge in [-0.1, -0.05) is 34.8 Å². The first kappa shape index (κ1) is 18.0. The number of aliphatic hydroxyl groups excluding tert-OH is 4. The van der Waals surface area contributed by atoms with Gasteiger partial charge in [0.15, 0.2) is 5.88 Å². The van der Waals surface area contributed by atoms with Gasteiger partial charge in [-0.3, -0.25) is 0 Å². The maximum absolute atomic E-state index is 9.98. The van der Waals surface area contributed by atoms with E-state index >= 15 is 0 Å². The maximum atomic E-state index is 9.98. The molecule has 5 N–H and O–H groups in total. The molecule has 2 aromatic rings. The molecule has 1 aliphatic heterocycles. The van der Waals surface area contributed by atoms with Gasteiger partial charge >= 0.3 is 0 Å². The van der Waals surface area contributed by atoms with Gasteiger partial charge < -0.3 is 34.9 Å². The van der Waals surface area contributed by atoms with Crippen molar-refractivity contribution >= 4 is 45.7 Å². The number of aliphatic hydroxyl groups is 4. The normalized spacial score (nSPS) is 30.7. The smallest absolute Gasteiger partial charge is 0.230 e. The minimum atomic E-state index is -1.54. The molecule has 10 heteroatoms. The number of halogens is 3. The lowest BCUT2D eigenvalue weighted by Gasteiger charge is -2.39. The Morgan fingerprint density at radius 3 is 2.42 bits per heavy atom. The van der Waals surface area contributed by atoms with Crippen LogP contribution < -0.4 is 4.74 Å². The Kier molecular flexibility index (Phi) is 5.15. The zero-order valence-electron chi connectivity index (χ0n) is 12.0. The van der Waals surface area contributed by atoms with E-state index in [1.54, 1.807) is 0 Å². The summed E-state index contributed by atoms with van der Waals surface area (Å²) < 4.78 is 10.8. The third-order valence-electron chi connectivity index (χ3n) is 3.82. The highest BCUT2D eigenvalue weighted by molar-refractivity contribution is 6.47. The summed E-state index contributed by atoms with van der Waals surface area (Å²) in [6, 6.07) is 3.01. The van der Waals surface area contributed by atoms with Gasteiger partial charge in [0.1, 0.15) is 24.4 Å². The highest BCUT2D eigenvalue weighted by atomic mass is 35.5. The summed E-state index contributed by atoms with van der Waals surface area (Å²) in [5, 5.41) is 40.1. The molecule has 1 unspecified atom stereocenters. The second kappa shape index (κ2) is 6.86. The van der Waals surface area contributed by atoms with Crippen molar-refractivity contribution in [1.82, 2.24) is 4.98 Å². The highest BCUT2D eigenvalue weighted by Gasteiger charge is 2.44. The number of fused-ring (bicyclic) bond motifs is 1. The van der Waals surface area contributed by atoms with Gasteiger partial charge in [0, 0.05) is 11.5 Å². The van der Waals surface area contributed by atoms with Gasteiger partial charge in [-0.05, 0) is 6.07 Å². The highest BCUT2D eigenvalue weighted by Crippen LogP contribution is 2.38. The van der Waals surface area contributed by atoms with Crippen molar-refractivity contribution in [2.45, 2.75) is 30.7 Å². The van der Waals surface area contributed by atoms with Crippen molar-refractivity contribution in [2.24, 2.45) is 0 Å². The molecule has 1 fully saturated rings. The zero-order chi connectivity index (χ0) is 17.6. The summed E-state index contributed by atoms with van der Waals surface area (Å²) in [7, 11) is 0. The Hall–Kier alpha value is -0.770. The second-order valence-corrected chi connectivity index (χ2v) is 6.58. The van der Waals surface area contributed by atoms with Crippen LogP contribution in [0.4, 0.5) is 0 Å². The van der Waals surface area contributed by atoms with E-state index in [0.29, 0.717) is 15.9 Å².